The molecule has 0 aromatic heterocycles. The molecule has 0 aliphatic rings. The van der Waals surface area contributed by atoms with Gasteiger partial charge in [-0.15, -0.1) is 0 Å². The van der Waals surface area contributed by atoms with E-state index in [0.29, 0.717) is 12.0 Å². The molecule has 6 heteroatoms. The van der Waals surface area contributed by atoms with Gasteiger partial charge < -0.3 is 4.74 Å². The highest BCUT2D eigenvalue weighted by Gasteiger charge is 2.18. The number of rotatable bonds is 7. The third-order valence-electron chi connectivity index (χ3n) is 3.52. The number of nitrogens with one attached hydrogen (secondary N) is 1. The zero-order valence-corrected chi connectivity index (χ0v) is 13.9. The van der Waals surface area contributed by atoms with Gasteiger partial charge in [0.05, 0.1) is 12.9 Å². The maximum absolute atomic E-state index is 12.9. The molecule has 0 unspecified atom stereocenters. The molecule has 0 radical (unpaired) electrons. The van der Waals surface area contributed by atoms with Gasteiger partial charge in [-0.3, -0.25) is 0 Å². The second kappa shape index (κ2) is 7.57. The number of hydrogen-bond acceptors (Lipinski definition) is 3. The van der Waals surface area contributed by atoms with Gasteiger partial charge in [0.1, 0.15) is 11.6 Å². The van der Waals surface area contributed by atoms with Gasteiger partial charge in [-0.25, -0.2) is 17.5 Å². The summed E-state index contributed by atoms with van der Waals surface area (Å²) in [4.78, 5) is 0. The van der Waals surface area contributed by atoms with Gasteiger partial charge in [-0.2, -0.15) is 0 Å². The molecule has 1 atom stereocenters. The first kappa shape index (κ1) is 17.4. The van der Waals surface area contributed by atoms with Crippen molar-refractivity contribution < 1.29 is 17.5 Å². The Hall–Kier alpha value is -1.92. The summed E-state index contributed by atoms with van der Waals surface area (Å²) in [6.07, 6.45) is 0.620. The van der Waals surface area contributed by atoms with Crippen molar-refractivity contribution in [3.63, 3.8) is 0 Å². The van der Waals surface area contributed by atoms with Gasteiger partial charge >= 0.3 is 0 Å². The van der Waals surface area contributed by atoms with Crippen molar-refractivity contribution in [2.75, 3.05) is 7.11 Å². The normalized spacial score (nSPS) is 12.8. The molecule has 0 bridgehead atoms. The highest BCUT2D eigenvalue weighted by Crippen LogP contribution is 2.21. The summed E-state index contributed by atoms with van der Waals surface area (Å²) >= 11 is 0. The quantitative estimate of drug-likeness (QED) is 0.842. The van der Waals surface area contributed by atoms with E-state index in [1.807, 2.05) is 19.1 Å². The average Bonchev–Trinajstić information content (AvgIpc) is 2.55. The summed E-state index contributed by atoms with van der Waals surface area (Å²) in [6.45, 7) is 1.91. The lowest BCUT2D eigenvalue weighted by molar-refractivity contribution is 0.414. The van der Waals surface area contributed by atoms with Gasteiger partial charge in [-0.05, 0) is 41.8 Å². The number of ether oxygens (including phenoxy) is 1. The SMILES string of the molecule is CC[C@@H](NS(=O)(=O)Cc1ccc(F)cc1)c1ccc(OC)cc1. The second-order valence-corrected chi connectivity index (χ2v) is 6.99. The summed E-state index contributed by atoms with van der Waals surface area (Å²) in [5, 5.41) is 0. The molecule has 0 amide bonds. The molecule has 1 N–H and O–H groups in total. The van der Waals surface area contributed by atoms with Gasteiger partial charge in [0.25, 0.3) is 0 Å². The van der Waals surface area contributed by atoms with E-state index in [2.05, 4.69) is 4.72 Å². The maximum Gasteiger partial charge on any atom is 0.216 e. The van der Waals surface area contributed by atoms with E-state index in [-0.39, 0.29) is 17.6 Å². The van der Waals surface area contributed by atoms with Crippen LogP contribution >= 0.6 is 0 Å². The van der Waals surface area contributed by atoms with Gasteiger partial charge in [0.15, 0.2) is 0 Å². The molecule has 0 saturated heterocycles. The molecule has 23 heavy (non-hydrogen) atoms. The van der Waals surface area contributed by atoms with Crippen molar-refractivity contribution in [1.29, 1.82) is 0 Å². The highest BCUT2D eigenvalue weighted by atomic mass is 32.2. The first-order chi connectivity index (χ1) is 10.9. The Labute approximate surface area is 136 Å². The predicted octanol–water partition coefficient (Wildman–Crippen LogP) is 3.41. The Morgan fingerprint density at radius 2 is 1.70 bits per heavy atom. The van der Waals surface area contributed by atoms with Crippen molar-refractivity contribution >= 4 is 10.0 Å². The summed E-state index contributed by atoms with van der Waals surface area (Å²) in [5.74, 6) is 0.154. The molecule has 0 saturated carbocycles. The topological polar surface area (TPSA) is 55.4 Å². The Bertz CT molecular complexity index is 727. The minimum atomic E-state index is -3.53. The van der Waals surface area contributed by atoms with Crippen LogP contribution in [-0.2, 0) is 15.8 Å². The third kappa shape index (κ3) is 5.04. The molecule has 2 aromatic carbocycles. The van der Waals surface area contributed by atoms with Crippen molar-refractivity contribution in [2.45, 2.75) is 25.1 Å². The molecular formula is C17H20FNO3S. The van der Waals surface area contributed by atoms with Crippen LogP contribution in [-0.4, -0.2) is 15.5 Å². The van der Waals surface area contributed by atoms with Gasteiger partial charge in [0.2, 0.25) is 10.0 Å². The molecule has 0 fully saturated rings. The van der Waals surface area contributed by atoms with Crippen LogP contribution in [0.4, 0.5) is 4.39 Å². The van der Waals surface area contributed by atoms with Crippen molar-refractivity contribution in [2.24, 2.45) is 0 Å². The molecule has 0 aliphatic carbocycles. The van der Waals surface area contributed by atoms with Crippen LogP contribution in [0.5, 0.6) is 5.75 Å². The van der Waals surface area contributed by atoms with Crippen molar-refractivity contribution in [3.8, 4) is 5.75 Å². The monoisotopic (exact) mass is 337 g/mol. The number of hydrogen-bond donors (Lipinski definition) is 1. The second-order valence-electron chi connectivity index (χ2n) is 5.24. The van der Waals surface area contributed by atoms with Gasteiger partial charge in [-0.1, -0.05) is 31.2 Å². The largest absolute Gasteiger partial charge is 0.497 e. The van der Waals surface area contributed by atoms with Crippen LogP contribution in [0, 0.1) is 5.82 Å². The third-order valence-corrected chi connectivity index (χ3v) is 4.88. The van der Waals surface area contributed by atoms with Crippen LogP contribution in [0.1, 0.15) is 30.5 Å². The molecular weight excluding hydrogens is 317 g/mol. The number of methoxy groups -OCH3 is 1. The number of halogens is 1. The summed E-state index contributed by atoms with van der Waals surface area (Å²) < 4.78 is 45.3. The highest BCUT2D eigenvalue weighted by molar-refractivity contribution is 7.88. The molecule has 2 rings (SSSR count). The average molecular weight is 337 g/mol. The fourth-order valence-corrected chi connectivity index (χ4v) is 3.73. The van der Waals surface area contributed by atoms with Crippen molar-refractivity contribution in [3.05, 3.63) is 65.5 Å². The smallest absolute Gasteiger partial charge is 0.216 e. The molecule has 124 valence electrons. The van der Waals surface area contributed by atoms with Crippen LogP contribution in [0.3, 0.4) is 0 Å². The lowest BCUT2D eigenvalue weighted by Crippen LogP contribution is -2.29. The van der Waals surface area contributed by atoms with E-state index < -0.39 is 10.0 Å². The van der Waals surface area contributed by atoms with E-state index in [4.69, 9.17) is 4.74 Å². The maximum atomic E-state index is 12.9. The van der Waals surface area contributed by atoms with E-state index in [1.54, 1.807) is 19.2 Å². The first-order valence-corrected chi connectivity index (χ1v) is 8.97. The van der Waals surface area contributed by atoms with Crippen LogP contribution in [0.15, 0.2) is 48.5 Å². The Morgan fingerprint density at radius 1 is 1.09 bits per heavy atom. The van der Waals surface area contributed by atoms with E-state index in [9.17, 15) is 12.8 Å². The fraction of sp³-hybridized carbons (Fsp3) is 0.294. The molecule has 0 spiro atoms. The van der Waals surface area contributed by atoms with Crippen LogP contribution in [0.2, 0.25) is 0 Å². The van der Waals surface area contributed by atoms with E-state index in [0.717, 1.165) is 11.3 Å². The number of sulfonamides is 1. The minimum absolute atomic E-state index is 0.181. The lowest BCUT2D eigenvalue weighted by atomic mass is 10.1. The van der Waals surface area contributed by atoms with E-state index >= 15 is 0 Å². The summed E-state index contributed by atoms with van der Waals surface area (Å²) in [7, 11) is -1.95. The Balaban J connectivity index is 2.10. The molecule has 0 aliphatic heterocycles. The summed E-state index contributed by atoms with van der Waals surface area (Å²) in [5.41, 5.74) is 1.42. The Kier molecular flexibility index (Phi) is 5.74. The minimum Gasteiger partial charge on any atom is -0.497 e. The zero-order valence-electron chi connectivity index (χ0n) is 13.1. The molecule has 2 aromatic rings. The van der Waals surface area contributed by atoms with Crippen molar-refractivity contribution in [1.82, 2.24) is 4.72 Å². The molecule has 0 heterocycles. The summed E-state index contributed by atoms with van der Waals surface area (Å²) in [6, 6.07) is 12.4. The standard InChI is InChI=1S/C17H20FNO3S/c1-3-17(14-6-10-16(22-2)11-7-14)19-23(20,21)12-13-4-8-15(18)9-5-13/h4-11,17,19H,3,12H2,1-2H3/t17-/m1/s1. The zero-order chi connectivity index (χ0) is 16.9. The predicted molar refractivity (Wildman–Crippen MR) is 88.2 cm³/mol. The Morgan fingerprint density at radius 3 is 2.22 bits per heavy atom. The fourth-order valence-electron chi connectivity index (χ4n) is 2.28. The van der Waals surface area contributed by atoms with Gasteiger partial charge in [0, 0.05) is 6.04 Å². The van der Waals surface area contributed by atoms with Crippen LogP contribution < -0.4 is 9.46 Å². The first-order valence-electron chi connectivity index (χ1n) is 7.32. The number of benzene rings is 2. The molecule has 4 nitrogen and oxygen atoms in total. The van der Waals surface area contributed by atoms with Crippen LogP contribution in [0.25, 0.3) is 0 Å². The lowest BCUT2D eigenvalue weighted by Gasteiger charge is -2.18. The van der Waals surface area contributed by atoms with E-state index in [1.165, 1.54) is 24.3 Å².